The number of hydrogen-bond acceptors (Lipinski definition) is 1. The van der Waals surface area contributed by atoms with Gasteiger partial charge in [-0.25, -0.2) is 0 Å². The van der Waals surface area contributed by atoms with Crippen molar-refractivity contribution in [3.05, 3.63) is 34.3 Å². The Bertz CT molecular complexity index is 312. The van der Waals surface area contributed by atoms with E-state index in [-0.39, 0.29) is 5.91 Å². The van der Waals surface area contributed by atoms with Crippen LogP contribution in [0.4, 0.5) is 0 Å². The van der Waals surface area contributed by atoms with Crippen LogP contribution in [0.15, 0.2) is 28.7 Å². The van der Waals surface area contributed by atoms with Gasteiger partial charge in [-0.05, 0) is 24.1 Å². The zero-order valence-electron chi connectivity index (χ0n) is 8.22. The number of amides is 1. The van der Waals surface area contributed by atoms with E-state index in [2.05, 4.69) is 21.2 Å². The summed E-state index contributed by atoms with van der Waals surface area (Å²) in [5.74, 6) is 0.0879. The molecule has 3 heteroatoms. The maximum atomic E-state index is 11.4. The molecule has 1 amide bonds. The first-order chi connectivity index (χ1) is 6.72. The molecule has 1 rings (SSSR count). The van der Waals surface area contributed by atoms with Gasteiger partial charge >= 0.3 is 0 Å². The van der Waals surface area contributed by atoms with Gasteiger partial charge in [0.1, 0.15) is 0 Å². The summed E-state index contributed by atoms with van der Waals surface area (Å²) in [4.78, 5) is 11.4. The van der Waals surface area contributed by atoms with Gasteiger partial charge in [-0.2, -0.15) is 0 Å². The highest BCUT2D eigenvalue weighted by Crippen LogP contribution is 2.11. The first-order valence-electron chi connectivity index (χ1n) is 4.73. The molecule has 0 aliphatic carbocycles. The van der Waals surface area contributed by atoms with Crippen LogP contribution < -0.4 is 5.32 Å². The van der Waals surface area contributed by atoms with Crippen molar-refractivity contribution in [3.63, 3.8) is 0 Å². The van der Waals surface area contributed by atoms with Gasteiger partial charge < -0.3 is 5.32 Å². The van der Waals surface area contributed by atoms with Gasteiger partial charge in [-0.3, -0.25) is 4.79 Å². The molecular weight excluding hydrogens is 242 g/mol. The maximum absolute atomic E-state index is 11.4. The first kappa shape index (κ1) is 11.2. The van der Waals surface area contributed by atoms with E-state index in [0.717, 1.165) is 23.0 Å². The summed E-state index contributed by atoms with van der Waals surface area (Å²) in [7, 11) is 0. The van der Waals surface area contributed by atoms with Gasteiger partial charge in [0.15, 0.2) is 0 Å². The molecule has 2 nitrogen and oxygen atoms in total. The number of nitrogens with one attached hydrogen (secondary N) is 1. The molecule has 0 aromatic heterocycles. The summed E-state index contributed by atoms with van der Waals surface area (Å²) in [6.07, 6.45) is 1.43. The lowest BCUT2D eigenvalue weighted by Gasteiger charge is -2.03. The predicted octanol–water partition coefficient (Wildman–Crippen LogP) is 2.52. The molecule has 0 unspecified atom stereocenters. The molecule has 14 heavy (non-hydrogen) atoms. The molecule has 0 saturated heterocycles. The van der Waals surface area contributed by atoms with Gasteiger partial charge in [0.05, 0.1) is 6.42 Å². The standard InChI is InChI=1S/C11H14BrNO/c1-2-6-13-11(14)8-9-4-3-5-10(12)7-9/h3-5,7H,2,6,8H2,1H3,(H,13,14). The van der Waals surface area contributed by atoms with Crippen molar-refractivity contribution in [2.24, 2.45) is 0 Å². The smallest absolute Gasteiger partial charge is 0.224 e. The highest BCUT2D eigenvalue weighted by atomic mass is 79.9. The normalized spacial score (nSPS) is 9.86. The molecule has 1 aromatic rings. The molecule has 0 aliphatic rings. The van der Waals surface area contributed by atoms with Crippen molar-refractivity contribution in [2.75, 3.05) is 6.54 Å². The van der Waals surface area contributed by atoms with Crippen molar-refractivity contribution in [3.8, 4) is 0 Å². The van der Waals surface area contributed by atoms with Crippen molar-refractivity contribution in [1.29, 1.82) is 0 Å². The minimum Gasteiger partial charge on any atom is -0.356 e. The Balaban J connectivity index is 2.47. The number of rotatable bonds is 4. The maximum Gasteiger partial charge on any atom is 0.224 e. The SMILES string of the molecule is CCCNC(=O)Cc1cccc(Br)c1. The zero-order valence-corrected chi connectivity index (χ0v) is 9.80. The third-order valence-electron chi connectivity index (χ3n) is 1.83. The van der Waals surface area contributed by atoms with Crippen LogP contribution in [0.5, 0.6) is 0 Å². The lowest BCUT2D eigenvalue weighted by Crippen LogP contribution is -2.25. The van der Waals surface area contributed by atoms with Crippen LogP contribution in [0.1, 0.15) is 18.9 Å². The van der Waals surface area contributed by atoms with E-state index in [1.54, 1.807) is 0 Å². The molecule has 0 radical (unpaired) electrons. The van der Waals surface area contributed by atoms with Crippen LogP contribution in [0.3, 0.4) is 0 Å². The average Bonchev–Trinajstić information content (AvgIpc) is 2.15. The molecule has 0 fully saturated rings. The fourth-order valence-electron chi connectivity index (χ4n) is 1.16. The van der Waals surface area contributed by atoms with Gasteiger partial charge in [-0.1, -0.05) is 35.0 Å². The second-order valence-corrected chi connectivity index (χ2v) is 4.07. The van der Waals surface area contributed by atoms with E-state index in [9.17, 15) is 4.79 Å². The third-order valence-corrected chi connectivity index (χ3v) is 2.32. The Hall–Kier alpha value is -0.830. The van der Waals surface area contributed by atoms with Gasteiger partial charge in [0.2, 0.25) is 5.91 Å². The van der Waals surface area contributed by atoms with E-state index in [1.807, 2.05) is 31.2 Å². The topological polar surface area (TPSA) is 29.1 Å². The molecule has 1 N–H and O–H groups in total. The summed E-state index contributed by atoms with van der Waals surface area (Å²) >= 11 is 3.37. The number of carbonyl (C=O) groups is 1. The van der Waals surface area contributed by atoms with Crippen molar-refractivity contribution >= 4 is 21.8 Å². The van der Waals surface area contributed by atoms with Crippen molar-refractivity contribution in [2.45, 2.75) is 19.8 Å². The van der Waals surface area contributed by atoms with Crippen LogP contribution >= 0.6 is 15.9 Å². The lowest BCUT2D eigenvalue weighted by molar-refractivity contribution is -0.120. The van der Waals surface area contributed by atoms with Crippen molar-refractivity contribution in [1.82, 2.24) is 5.32 Å². The molecule has 0 atom stereocenters. The van der Waals surface area contributed by atoms with Crippen LogP contribution in [0.25, 0.3) is 0 Å². The van der Waals surface area contributed by atoms with Crippen LogP contribution in [0, 0.1) is 0 Å². The lowest BCUT2D eigenvalue weighted by atomic mass is 10.1. The molecule has 0 spiro atoms. The van der Waals surface area contributed by atoms with E-state index in [4.69, 9.17) is 0 Å². The summed E-state index contributed by atoms with van der Waals surface area (Å²) in [6, 6.07) is 7.81. The van der Waals surface area contributed by atoms with Crippen LogP contribution in [-0.4, -0.2) is 12.5 Å². The number of carbonyl (C=O) groups excluding carboxylic acids is 1. The van der Waals surface area contributed by atoms with Gasteiger partial charge in [0.25, 0.3) is 0 Å². The second-order valence-electron chi connectivity index (χ2n) is 3.16. The first-order valence-corrected chi connectivity index (χ1v) is 5.53. The molecule has 0 bridgehead atoms. The fourth-order valence-corrected chi connectivity index (χ4v) is 1.61. The summed E-state index contributed by atoms with van der Waals surface area (Å²) < 4.78 is 1.01. The third kappa shape index (κ3) is 3.92. The minimum absolute atomic E-state index is 0.0879. The minimum atomic E-state index is 0.0879. The highest BCUT2D eigenvalue weighted by Gasteiger charge is 2.01. The summed E-state index contributed by atoms with van der Waals surface area (Å²) in [5.41, 5.74) is 1.04. The Morgan fingerprint density at radius 1 is 1.50 bits per heavy atom. The Morgan fingerprint density at radius 2 is 2.29 bits per heavy atom. The van der Waals surface area contributed by atoms with Gasteiger partial charge in [-0.15, -0.1) is 0 Å². The van der Waals surface area contributed by atoms with E-state index >= 15 is 0 Å². The van der Waals surface area contributed by atoms with Crippen molar-refractivity contribution < 1.29 is 4.79 Å². The molecule has 0 saturated carbocycles. The zero-order chi connectivity index (χ0) is 10.4. The van der Waals surface area contributed by atoms with Gasteiger partial charge in [0, 0.05) is 11.0 Å². The Morgan fingerprint density at radius 3 is 2.93 bits per heavy atom. The predicted molar refractivity (Wildman–Crippen MR) is 61.1 cm³/mol. The Kier molecular flexibility index (Phi) is 4.66. The van der Waals surface area contributed by atoms with E-state index < -0.39 is 0 Å². The van der Waals surface area contributed by atoms with Crippen LogP contribution in [0.2, 0.25) is 0 Å². The van der Waals surface area contributed by atoms with E-state index in [0.29, 0.717) is 6.42 Å². The monoisotopic (exact) mass is 255 g/mol. The van der Waals surface area contributed by atoms with Crippen LogP contribution in [-0.2, 0) is 11.2 Å². The fraction of sp³-hybridized carbons (Fsp3) is 0.364. The number of benzene rings is 1. The average molecular weight is 256 g/mol. The summed E-state index contributed by atoms with van der Waals surface area (Å²) in [5, 5.41) is 2.85. The summed E-state index contributed by atoms with van der Waals surface area (Å²) in [6.45, 7) is 2.80. The number of halogens is 1. The molecule has 1 aromatic carbocycles. The van der Waals surface area contributed by atoms with E-state index in [1.165, 1.54) is 0 Å². The number of hydrogen-bond donors (Lipinski definition) is 1. The Labute approximate surface area is 92.8 Å². The molecular formula is C11H14BrNO. The second kappa shape index (κ2) is 5.81. The largest absolute Gasteiger partial charge is 0.356 e. The quantitative estimate of drug-likeness (QED) is 0.881. The molecule has 0 heterocycles. The molecule has 76 valence electrons. The molecule has 0 aliphatic heterocycles. The highest BCUT2D eigenvalue weighted by molar-refractivity contribution is 9.10.